The van der Waals surface area contributed by atoms with Crippen LogP contribution in [0.2, 0.25) is 0 Å². The number of amides is 1. The molecule has 144 valence electrons. The van der Waals surface area contributed by atoms with E-state index in [4.69, 9.17) is 4.84 Å². The van der Waals surface area contributed by atoms with Crippen LogP contribution in [0.5, 0.6) is 0 Å². The third kappa shape index (κ3) is 4.35. The van der Waals surface area contributed by atoms with E-state index >= 15 is 0 Å². The second-order valence-electron chi connectivity index (χ2n) is 6.33. The number of anilines is 1. The predicted molar refractivity (Wildman–Crippen MR) is 109 cm³/mol. The van der Waals surface area contributed by atoms with Gasteiger partial charge >= 0.3 is 0 Å². The SMILES string of the molecule is Cc1nc2ccccc2c(=O)n1OCC(=O)N/N=C\c1ccc(N(C)C)cc1. The van der Waals surface area contributed by atoms with Crippen molar-refractivity contribution >= 4 is 28.7 Å². The second-order valence-corrected chi connectivity index (χ2v) is 6.33. The van der Waals surface area contributed by atoms with Crippen LogP contribution in [-0.2, 0) is 4.79 Å². The maximum absolute atomic E-state index is 12.5. The summed E-state index contributed by atoms with van der Waals surface area (Å²) in [7, 11) is 3.92. The van der Waals surface area contributed by atoms with Crippen LogP contribution in [0.1, 0.15) is 11.4 Å². The minimum absolute atomic E-state index is 0.361. The van der Waals surface area contributed by atoms with Gasteiger partial charge in [0.1, 0.15) is 5.82 Å². The average molecular weight is 379 g/mol. The number of carbonyl (C=O) groups excluding carboxylic acids is 1. The highest BCUT2D eigenvalue weighted by Gasteiger charge is 2.10. The van der Waals surface area contributed by atoms with Gasteiger partial charge in [-0.2, -0.15) is 5.10 Å². The van der Waals surface area contributed by atoms with E-state index in [9.17, 15) is 9.59 Å². The number of aryl methyl sites for hydroxylation is 1. The zero-order valence-electron chi connectivity index (χ0n) is 15.9. The number of nitrogens with zero attached hydrogens (tertiary/aromatic N) is 4. The van der Waals surface area contributed by atoms with E-state index in [-0.39, 0.29) is 12.2 Å². The molecule has 1 heterocycles. The summed E-state index contributed by atoms with van der Waals surface area (Å²) in [6.45, 7) is 1.28. The monoisotopic (exact) mass is 379 g/mol. The fourth-order valence-corrected chi connectivity index (χ4v) is 2.57. The van der Waals surface area contributed by atoms with E-state index in [2.05, 4.69) is 15.5 Å². The minimum atomic E-state index is -0.486. The first-order valence-corrected chi connectivity index (χ1v) is 8.66. The molecule has 0 aliphatic carbocycles. The van der Waals surface area contributed by atoms with Crippen LogP contribution in [0.4, 0.5) is 5.69 Å². The van der Waals surface area contributed by atoms with Crippen LogP contribution in [-0.4, -0.2) is 42.5 Å². The number of para-hydroxylation sites is 1. The Kier molecular flexibility index (Phi) is 5.69. The molecule has 0 unspecified atom stereocenters. The summed E-state index contributed by atoms with van der Waals surface area (Å²) in [6, 6.07) is 14.7. The Morgan fingerprint density at radius 3 is 2.64 bits per heavy atom. The molecule has 0 fully saturated rings. The molecule has 1 N–H and O–H groups in total. The van der Waals surface area contributed by atoms with Gasteiger partial charge in [0.25, 0.3) is 11.5 Å². The number of rotatable bonds is 6. The number of hydrogen-bond acceptors (Lipinski definition) is 6. The van der Waals surface area contributed by atoms with Crippen LogP contribution < -0.4 is 20.7 Å². The summed E-state index contributed by atoms with van der Waals surface area (Å²) in [5.74, 6) is -0.124. The molecule has 1 aromatic heterocycles. The Balaban J connectivity index is 1.60. The molecular weight excluding hydrogens is 358 g/mol. The molecule has 0 saturated carbocycles. The molecule has 0 atom stereocenters. The summed E-state index contributed by atoms with van der Waals surface area (Å²) in [5, 5.41) is 4.33. The van der Waals surface area contributed by atoms with Crippen molar-refractivity contribution in [3.05, 3.63) is 70.3 Å². The first-order chi connectivity index (χ1) is 13.5. The molecule has 3 aromatic rings. The van der Waals surface area contributed by atoms with E-state index in [0.29, 0.717) is 16.7 Å². The summed E-state index contributed by atoms with van der Waals surface area (Å²) < 4.78 is 1.02. The van der Waals surface area contributed by atoms with Gasteiger partial charge in [-0.3, -0.25) is 9.59 Å². The molecule has 1 amide bonds. The van der Waals surface area contributed by atoms with Gasteiger partial charge < -0.3 is 9.74 Å². The molecule has 3 rings (SSSR count). The average Bonchev–Trinajstić information content (AvgIpc) is 2.68. The Morgan fingerprint density at radius 2 is 1.93 bits per heavy atom. The van der Waals surface area contributed by atoms with Crippen LogP contribution >= 0.6 is 0 Å². The molecule has 8 nitrogen and oxygen atoms in total. The Bertz CT molecular complexity index is 1070. The molecule has 0 aliphatic heterocycles. The van der Waals surface area contributed by atoms with Gasteiger partial charge in [0.2, 0.25) is 0 Å². The fourth-order valence-electron chi connectivity index (χ4n) is 2.57. The largest absolute Gasteiger partial charge is 0.399 e. The van der Waals surface area contributed by atoms with E-state index < -0.39 is 5.91 Å². The zero-order chi connectivity index (χ0) is 20.1. The summed E-state index contributed by atoms with van der Waals surface area (Å²) in [5.41, 5.74) is 4.51. The molecule has 28 heavy (non-hydrogen) atoms. The number of benzene rings is 2. The minimum Gasteiger partial charge on any atom is -0.399 e. The van der Waals surface area contributed by atoms with Crippen LogP contribution in [0, 0.1) is 6.92 Å². The lowest BCUT2D eigenvalue weighted by Gasteiger charge is -2.11. The Hall–Kier alpha value is -3.68. The predicted octanol–water partition coefficient (Wildman–Crippen LogP) is 1.35. The lowest BCUT2D eigenvalue weighted by atomic mass is 10.2. The summed E-state index contributed by atoms with van der Waals surface area (Å²) in [6.07, 6.45) is 1.53. The van der Waals surface area contributed by atoms with Crippen molar-refractivity contribution in [3.63, 3.8) is 0 Å². The third-order valence-corrected chi connectivity index (χ3v) is 4.03. The number of hydrogen-bond donors (Lipinski definition) is 1. The van der Waals surface area contributed by atoms with Crippen LogP contribution in [0.3, 0.4) is 0 Å². The maximum Gasteiger partial charge on any atom is 0.294 e. The van der Waals surface area contributed by atoms with E-state index in [1.54, 1.807) is 31.2 Å². The van der Waals surface area contributed by atoms with Gasteiger partial charge in [-0.25, -0.2) is 10.4 Å². The topological polar surface area (TPSA) is 88.8 Å². The molecule has 2 aromatic carbocycles. The molecule has 0 bridgehead atoms. The second kappa shape index (κ2) is 8.34. The van der Waals surface area contributed by atoms with Crippen molar-refractivity contribution in [1.29, 1.82) is 0 Å². The van der Waals surface area contributed by atoms with Gasteiger partial charge in [0.15, 0.2) is 6.61 Å². The normalized spacial score (nSPS) is 11.0. The molecule has 0 saturated heterocycles. The van der Waals surface area contributed by atoms with Gasteiger partial charge in [-0.05, 0) is 36.8 Å². The molecule has 8 heteroatoms. The van der Waals surface area contributed by atoms with Crippen LogP contribution in [0.25, 0.3) is 10.9 Å². The van der Waals surface area contributed by atoms with Crippen LogP contribution in [0.15, 0.2) is 58.4 Å². The molecule has 0 aliphatic rings. The smallest absolute Gasteiger partial charge is 0.294 e. The standard InChI is InChI=1S/C20H21N5O3/c1-14-22-18-7-5-4-6-17(18)20(27)25(14)28-13-19(26)23-21-12-15-8-10-16(11-9-15)24(2)3/h4-12H,13H2,1-3H3,(H,23,26)/b21-12-. The Morgan fingerprint density at radius 1 is 1.21 bits per heavy atom. The van der Waals surface area contributed by atoms with Crippen molar-refractivity contribution in [3.8, 4) is 0 Å². The maximum atomic E-state index is 12.5. The highest BCUT2D eigenvalue weighted by atomic mass is 16.7. The van der Waals surface area contributed by atoms with Gasteiger partial charge in [0.05, 0.1) is 17.1 Å². The third-order valence-electron chi connectivity index (χ3n) is 4.03. The first kappa shape index (κ1) is 19.1. The summed E-state index contributed by atoms with van der Waals surface area (Å²) in [4.78, 5) is 36.0. The van der Waals surface area contributed by atoms with E-state index in [1.165, 1.54) is 6.21 Å². The van der Waals surface area contributed by atoms with Crippen molar-refractivity contribution in [2.75, 3.05) is 25.6 Å². The van der Waals surface area contributed by atoms with Gasteiger partial charge in [-0.1, -0.05) is 24.3 Å². The fraction of sp³-hybridized carbons (Fsp3) is 0.200. The number of fused-ring (bicyclic) bond motifs is 1. The van der Waals surface area contributed by atoms with E-state index in [1.807, 2.05) is 43.3 Å². The number of aromatic nitrogens is 2. The molecular formula is C20H21N5O3. The highest BCUT2D eigenvalue weighted by Crippen LogP contribution is 2.10. The summed E-state index contributed by atoms with van der Waals surface area (Å²) >= 11 is 0. The first-order valence-electron chi connectivity index (χ1n) is 8.66. The molecule has 0 radical (unpaired) electrons. The number of carbonyl (C=O) groups is 1. The van der Waals surface area contributed by atoms with Crippen molar-refractivity contribution in [2.45, 2.75) is 6.92 Å². The van der Waals surface area contributed by atoms with Gasteiger partial charge in [0, 0.05) is 19.8 Å². The quantitative estimate of drug-likeness (QED) is 0.516. The number of nitrogens with one attached hydrogen (secondary N) is 1. The lowest BCUT2D eigenvalue weighted by molar-refractivity contribution is -0.126. The van der Waals surface area contributed by atoms with E-state index in [0.717, 1.165) is 16.0 Å². The Labute approximate surface area is 162 Å². The zero-order valence-corrected chi connectivity index (χ0v) is 15.9. The lowest BCUT2D eigenvalue weighted by Crippen LogP contribution is -2.35. The van der Waals surface area contributed by atoms with Crippen molar-refractivity contribution < 1.29 is 9.63 Å². The van der Waals surface area contributed by atoms with Gasteiger partial charge in [-0.15, -0.1) is 4.73 Å². The highest BCUT2D eigenvalue weighted by molar-refractivity contribution is 5.83. The van der Waals surface area contributed by atoms with Crippen molar-refractivity contribution in [1.82, 2.24) is 15.1 Å². The number of hydrazone groups is 1. The molecule has 0 spiro atoms. The van der Waals surface area contributed by atoms with Crippen molar-refractivity contribution in [2.24, 2.45) is 5.10 Å².